The van der Waals surface area contributed by atoms with Crippen LogP contribution in [-0.2, 0) is 14.1 Å². The van der Waals surface area contributed by atoms with Crippen molar-refractivity contribution >= 4 is 14.0 Å². The lowest BCUT2D eigenvalue weighted by Crippen LogP contribution is -2.54. The van der Waals surface area contributed by atoms with E-state index in [1.807, 2.05) is 6.08 Å². The summed E-state index contributed by atoms with van der Waals surface area (Å²) < 4.78 is 17.3. The van der Waals surface area contributed by atoms with Crippen molar-refractivity contribution in [3.05, 3.63) is 23.0 Å². The van der Waals surface area contributed by atoms with E-state index in [1.165, 1.54) is 12.5 Å². The van der Waals surface area contributed by atoms with Crippen LogP contribution in [0.15, 0.2) is 23.0 Å². The van der Waals surface area contributed by atoms with Gasteiger partial charge in [0.15, 0.2) is 0 Å². The number of hydrogen-bond acceptors (Lipinski definition) is 4. The zero-order valence-corrected chi connectivity index (χ0v) is 17.8. The minimum absolute atomic E-state index is 0.0262. The Morgan fingerprint density at radius 1 is 1.29 bits per heavy atom. The highest BCUT2D eigenvalue weighted by Crippen LogP contribution is 2.67. The number of rotatable bonds is 2. The zero-order chi connectivity index (χ0) is 20.3. The number of nitriles is 1. The molecular formula is C22H29NO4P+. The van der Waals surface area contributed by atoms with E-state index >= 15 is 0 Å². The molecule has 7 atom stereocenters. The van der Waals surface area contributed by atoms with Crippen LogP contribution in [0.2, 0.25) is 0 Å². The molecule has 0 aliphatic heterocycles. The monoisotopic (exact) mass is 402 g/mol. The van der Waals surface area contributed by atoms with Crippen molar-refractivity contribution in [3.63, 3.8) is 0 Å². The molecule has 0 aromatic carbocycles. The molecule has 0 radical (unpaired) electrons. The van der Waals surface area contributed by atoms with Gasteiger partial charge >= 0.3 is 14.0 Å². The van der Waals surface area contributed by atoms with Crippen molar-refractivity contribution in [1.82, 2.24) is 0 Å². The van der Waals surface area contributed by atoms with Gasteiger partial charge in [0, 0.05) is 25.2 Å². The second-order valence-corrected chi connectivity index (χ2v) is 10.7. The molecule has 5 nitrogen and oxygen atoms in total. The lowest BCUT2D eigenvalue weighted by atomic mass is 9.47. The maximum Gasteiger partial charge on any atom is 0.541 e. The van der Waals surface area contributed by atoms with Crippen LogP contribution in [-0.4, -0.2) is 16.5 Å². The summed E-state index contributed by atoms with van der Waals surface area (Å²) in [4.78, 5) is 21.3. The minimum Gasteiger partial charge on any atom is -0.443 e. The largest absolute Gasteiger partial charge is 0.541 e. The Kier molecular flexibility index (Phi) is 4.60. The molecule has 2 saturated carbocycles. The summed E-state index contributed by atoms with van der Waals surface area (Å²) in [7, 11) is -2.25. The standard InChI is InChI=1S/C22H28NO4P/c1-14(24)27-22(13-23)11-8-19-17-5-4-15-12-16(28(25)26)6-9-20(15,2)18(17)7-10-21(19,22)3/h4,12,17-19H,5-11H2,1-3H3/p+1/t17-,18+,19+,20+,21+,22+/m1/s1. The van der Waals surface area contributed by atoms with Crippen molar-refractivity contribution in [2.75, 3.05) is 0 Å². The summed E-state index contributed by atoms with van der Waals surface area (Å²) in [6.07, 6.45) is 10.2. The Hall–Kier alpha value is -1.50. The Labute approximate surface area is 167 Å². The molecule has 4 aliphatic carbocycles. The molecule has 0 aromatic rings. The maximum atomic E-state index is 11.8. The second-order valence-electron chi connectivity index (χ2n) is 9.63. The zero-order valence-electron chi connectivity index (χ0n) is 16.9. The van der Waals surface area contributed by atoms with Gasteiger partial charge in [-0.25, -0.2) is 0 Å². The Morgan fingerprint density at radius 3 is 2.64 bits per heavy atom. The van der Waals surface area contributed by atoms with Gasteiger partial charge in [0.1, 0.15) is 6.07 Å². The van der Waals surface area contributed by atoms with Crippen LogP contribution < -0.4 is 0 Å². The second kappa shape index (κ2) is 6.51. The summed E-state index contributed by atoms with van der Waals surface area (Å²) in [6.45, 7) is 5.87. The number of nitrogens with zero attached hydrogens (tertiary/aromatic N) is 1. The predicted octanol–water partition coefficient (Wildman–Crippen LogP) is 5.00. The molecule has 0 aromatic heterocycles. The van der Waals surface area contributed by atoms with Gasteiger partial charge in [0.2, 0.25) is 10.9 Å². The number of fused-ring (bicyclic) bond motifs is 5. The van der Waals surface area contributed by atoms with E-state index in [1.54, 1.807) is 0 Å². The molecule has 0 amide bonds. The third-order valence-electron chi connectivity index (χ3n) is 8.61. The molecule has 0 bridgehead atoms. The highest BCUT2D eigenvalue weighted by atomic mass is 31.1. The van der Waals surface area contributed by atoms with E-state index in [4.69, 9.17) is 4.74 Å². The van der Waals surface area contributed by atoms with Crippen LogP contribution >= 0.6 is 8.03 Å². The fourth-order valence-corrected chi connectivity index (χ4v) is 7.63. The Balaban J connectivity index is 1.69. The first kappa shape index (κ1) is 19.8. The predicted molar refractivity (Wildman–Crippen MR) is 105 cm³/mol. The molecule has 4 rings (SSSR count). The van der Waals surface area contributed by atoms with Gasteiger partial charge in [-0.2, -0.15) is 10.2 Å². The van der Waals surface area contributed by atoms with Crippen molar-refractivity contribution < 1.29 is 19.0 Å². The fraction of sp³-hybridized carbons (Fsp3) is 0.727. The van der Waals surface area contributed by atoms with Crippen molar-refractivity contribution in [1.29, 1.82) is 5.26 Å². The van der Waals surface area contributed by atoms with E-state index < -0.39 is 13.6 Å². The van der Waals surface area contributed by atoms with Crippen molar-refractivity contribution in [3.8, 4) is 6.07 Å². The van der Waals surface area contributed by atoms with Gasteiger partial charge < -0.3 is 4.74 Å². The van der Waals surface area contributed by atoms with Crippen LogP contribution in [0.25, 0.3) is 0 Å². The summed E-state index contributed by atoms with van der Waals surface area (Å²) >= 11 is 0. The number of hydrogen-bond donors (Lipinski definition) is 1. The first-order chi connectivity index (χ1) is 13.2. The quantitative estimate of drug-likeness (QED) is 0.519. The Morgan fingerprint density at radius 2 is 2.00 bits per heavy atom. The number of allylic oxidation sites excluding steroid dienone is 4. The topological polar surface area (TPSA) is 87.4 Å². The van der Waals surface area contributed by atoms with Crippen LogP contribution in [0, 0.1) is 39.9 Å². The number of esters is 1. The fourth-order valence-electron chi connectivity index (χ4n) is 7.08. The smallest absolute Gasteiger partial charge is 0.443 e. The average Bonchev–Trinajstić information content (AvgIpc) is 2.93. The molecule has 6 heteroatoms. The molecule has 0 saturated heterocycles. The lowest BCUT2D eigenvalue weighted by Gasteiger charge is -2.57. The first-order valence-corrected chi connectivity index (χ1v) is 11.6. The highest BCUT2D eigenvalue weighted by molar-refractivity contribution is 7.43. The molecule has 4 aliphatic rings. The molecule has 1 unspecified atom stereocenters. The van der Waals surface area contributed by atoms with E-state index in [2.05, 4.69) is 26.0 Å². The average molecular weight is 402 g/mol. The van der Waals surface area contributed by atoms with E-state index in [0.717, 1.165) is 32.1 Å². The van der Waals surface area contributed by atoms with Gasteiger partial charge in [0.25, 0.3) is 0 Å². The molecule has 150 valence electrons. The van der Waals surface area contributed by atoms with E-state index in [-0.39, 0.29) is 16.8 Å². The molecule has 1 N–H and O–H groups in total. The molecule has 2 fully saturated rings. The van der Waals surface area contributed by atoms with Crippen molar-refractivity contribution in [2.45, 2.75) is 71.3 Å². The van der Waals surface area contributed by atoms with E-state index in [9.17, 15) is 19.5 Å². The SMILES string of the molecule is CC(=O)O[C@]1(C#N)CC[C@H]2[C@@H]3CC=C4C=C([P+](=O)O)CC[C@]4(C)[C@H]3CC[C@@]21C. The van der Waals surface area contributed by atoms with Crippen LogP contribution in [0.3, 0.4) is 0 Å². The maximum absolute atomic E-state index is 11.8. The summed E-state index contributed by atoms with van der Waals surface area (Å²) in [5, 5.41) is 10.7. The van der Waals surface area contributed by atoms with Gasteiger partial charge in [0.05, 0.1) is 0 Å². The third kappa shape index (κ3) is 2.57. The summed E-state index contributed by atoms with van der Waals surface area (Å²) in [5.74, 6) is 0.967. The third-order valence-corrected chi connectivity index (χ3v) is 9.46. The van der Waals surface area contributed by atoms with Gasteiger partial charge in [-0.05, 0) is 71.5 Å². The lowest BCUT2D eigenvalue weighted by molar-refractivity contribution is -0.168. The van der Waals surface area contributed by atoms with Crippen LogP contribution in [0.5, 0.6) is 0 Å². The van der Waals surface area contributed by atoms with Gasteiger partial charge in [-0.3, -0.25) is 4.79 Å². The van der Waals surface area contributed by atoms with E-state index in [0.29, 0.717) is 35.9 Å². The Bertz CT molecular complexity index is 842. The summed E-state index contributed by atoms with van der Waals surface area (Å²) in [5.41, 5.74) is -0.0619. The molecular weight excluding hydrogens is 373 g/mol. The van der Waals surface area contributed by atoms with Crippen molar-refractivity contribution in [2.24, 2.45) is 28.6 Å². The summed E-state index contributed by atoms with van der Waals surface area (Å²) in [6, 6.07) is 2.40. The van der Waals surface area contributed by atoms with Crippen LogP contribution in [0.4, 0.5) is 0 Å². The minimum atomic E-state index is -2.25. The molecule has 0 heterocycles. The molecule has 0 spiro atoms. The first-order valence-electron chi connectivity index (χ1n) is 10.3. The number of ether oxygens (including phenoxy) is 1. The number of carbonyl (C=O) groups is 1. The number of carbonyl (C=O) groups excluding carboxylic acids is 1. The normalized spacial score (nSPS) is 44.8. The van der Waals surface area contributed by atoms with Gasteiger partial charge in [-0.15, -0.1) is 0 Å². The highest BCUT2D eigenvalue weighted by Gasteiger charge is 2.66. The molecule has 28 heavy (non-hydrogen) atoms. The van der Waals surface area contributed by atoms with Gasteiger partial charge in [-0.1, -0.05) is 19.9 Å². The van der Waals surface area contributed by atoms with Crippen LogP contribution in [0.1, 0.15) is 65.7 Å².